The minimum Gasteiger partial charge on any atom is -0.459 e. The third-order valence-electron chi connectivity index (χ3n) is 6.08. The number of rotatable bonds is 5. The molecule has 2 aliphatic carbocycles. The van der Waals surface area contributed by atoms with Crippen molar-refractivity contribution in [3.8, 4) is 0 Å². The van der Waals surface area contributed by atoms with Crippen LogP contribution in [0, 0.1) is 5.92 Å². The van der Waals surface area contributed by atoms with Gasteiger partial charge in [-0.15, -0.1) is 0 Å². The standard InChI is InChI=1S/C15H20O2.C10H18O2/c1-3-12-6-8-13(9-7-12)14(16)17-15(2)10-4-5-11-15;1-8(2)9(11)12-10(3)6-4-5-7-10/h6-9H,3-5,10-11H2,1-2H3;8H,4-7H2,1-3H3. The van der Waals surface area contributed by atoms with Crippen LogP contribution < -0.4 is 0 Å². The van der Waals surface area contributed by atoms with E-state index in [-0.39, 0.29) is 29.1 Å². The highest BCUT2D eigenvalue weighted by molar-refractivity contribution is 5.89. The number of carbonyl (C=O) groups excluding carboxylic acids is 2. The van der Waals surface area contributed by atoms with E-state index in [1.54, 1.807) is 0 Å². The lowest BCUT2D eigenvalue weighted by molar-refractivity contribution is -0.161. The highest BCUT2D eigenvalue weighted by Crippen LogP contribution is 2.34. The van der Waals surface area contributed by atoms with Crippen LogP contribution in [-0.2, 0) is 20.7 Å². The maximum absolute atomic E-state index is 12.0. The van der Waals surface area contributed by atoms with Crippen molar-refractivity contribution in [2.45, 2.75) is 104 Å². The highest BCUT2D eigenvalue weighted by Gasteiger charge is 2.33. The van der Waals surface area contributed by atoms with Gasteiger partial charge in [0.15, 0.2) is 0 Å². The topological polar surface area (TPSA) is 52.6 Å². The average Bonchev–Trinajstić information content (AvgIpc) is 3.30. The summed E-state index contributed by atoms with van der Waals surface area (Å²) in [6.45, 7) is 9.94. The van der Waals surface area contributed by atoms with Gasteiger partial charge in [-0.3, -0.25) is 4.79 Å². The minimum atomic E-state index is -0.236. The Hall–Kier alpha value is -1.84. The molecule has 29 heavy (non-hydrogen) atoms. The predicted octanol–water partition coefficient (Wildman–Crippen LogP) is 6.26. The van der Waals surface area contributed by atoms with Gasteiger partial charge in [-0.2, -0.15) is 0 Å². The number of carbonyl (C=O) groups is 2. The zero-order valence-electron chi connectivity index (χ0n) is 18.9. The fourth-order valence-electron chi connectivity index (χ4n) is 3.97. The van der Waals surface area contributed by atoms with E-state index in [4.69, 9.17) is 9.47 Å². The van der Waals surface area contributed by atoms with Crippen molar-refractivity contribution >= 4 is 11.9 Å². The minimum absolute atomic E-state index is 0.00225. The van der Waals surface area contributed by atoms with Gasteiger partial charge >= 0.3 is 11.9 Å². The number of aryl methyl sites for hydroxylation is 1. The fraction of sp³-hybridized carbons (Fsp3) is 0.680. The van der Waals surface area contributed by atoms with Crippen LogP contribution >= 0.6 is 0 Å². The fourth-order valence-corrected chi connectivity index (χ4v) is 3.97. The van der Waals surface area contributed by atoms with Crippen molar-refractivity contribution in [1.82, 2.24) is 0 Å². The Balaban J connectivity index is 0.000000221. The van der Waals surface area contributed by atoms with Gasteiger partial charge in [0.1, 0.15) is 11.2 Å². The van der Waals surface area contributed by atoms with Crippen molar-refractivity contribution in [2.75, 3.05) is 0 Å². The number of ether oxygens (including phenoxy) is 2. The zero-order valence-corrected chi connectivity index (χ0v) is 18.9. The molecule has 162 valence electrons. The number of benzene rings is 1. The van der Waals surface area contributed by atoms with Gasteiger partial charge in [-0.1, -0.05) is 32.9 Å². The molecule has 2 saturated carbocycles. The summed E-state index contributed by atoms with van der Waals surface area (Å²) in [7, 11) is 0. The first kappa shape index (κ1) is 23.4. The Labute approximate surface area is 176 Å². The molecule has 0 saturated heterocycles. The summed E-state index contributed by atoms with van der Waals surface area (Å²) < 4.78 is 11.0. The second-order valence-corrected chi connectivity index (χ2v) is 9.33. The Morgan fingerprint density at radius 3 is 1.72 bits per heavy atom. The molecule has 2 fully saturated rings. The number of esters is 2. The Morgan fingerprint density at radius 2 is 1.31 bits per heavy atom. The Kier molecular flexibility index (Phi) is 8.30. The monoisotopic (exact) mass is 402 g/mol. The number of hydrogen-bond acceptors (Lipinski definition) is 4. The van der Waals surface area contributed by atoms with Crippen molar-refractivity contribution in [3.63, 3.8) is 0 Å². The second kappa shape index (κ2) is 10.3. The molecule has 0 spiro atoms. The third kappa shape index (κ3) is 7.17. The van der Waals surface area contributed by atoms with Crippen LogP contribution in [0.2, 0.25) is 0 Å². The molecular formula is C25H38O4. The van der Waals surface area contributed by atoms with Crippen LogP contribution in [0.3, 0.4) is 0 Å². The van der Waals surface area contributed by atoms with E-state index in [2.05, 4.69) is 6.92 Å². The molecule has 4 nitrogen and oxygen atoms in total. The molecule has 1 aromatic rings. The van der Waals surface area contributed by atoms with E-state index in [9.17, 15) is 9.59 Å². The van der Waals surface area contributed by atoms with Gasteiger partial charge in [0.2, 0.25) is 0 Å². The van der Waals surface area contributed by atoms with Crippen LogP contribution in [0.1, 0.15) is 102 Å². The van der Waals surface area contributed by atoms with Crippen LogP contribution in [0.5, 0.6) is 0 Å². The van der Waals surface area contributed by atoms with E-state index in [0.29, 0.717) is 5.56 Å². The Morgan fingerprint density at radius 1 is 0.862 bits per heavy atom. The van der Waals surface area contributed by atoms with E-state index < -0.39 is 0 Å². The lowest BCUT2D eigenvalue weighted by Gasteiger charge is -2.25. The molecule has 0 atom stereocenters. The largest absolute Gasteiger partial charge is 0.459 e. The molecule has 0 amide bonds. The lowest BCUT2D eigenvalue weighted by atomic mass is 10.1. The molecule has 4 heteroatoms. The highest BCUT2D eigenvalue weighted by atomic mass is 16.6. The van der Waals surface area contributed by atoms with Crippen LogP contribution in [0.4, 0.5) is 0 Å². The zero-order chi connectivity index (χ0) is 21.5. The van der Waals surface area contributed by atoms with Gasteiger partial charge in [0.25, 0.3) is 0 Å². The molecule has 0 aromatic heterocycles. The van der Waals surface area contributed by atoms with Crippen molar-refractivity contribution in [3.05, 3.63) is 35.4 Å². The SMILES string of the molecule is CC(C)C(=O)OC1(C)CCCC1.CCc1ccc(C(=O)OC2(C)CCCC2)cc1. The lowest BCUT2D eigenvalue weighted by Crippen LogP contribution is -2.30. The molecule has 3 rings (SSSR count). The summed E-state index contributed by atoms with van der Waals surface area (Å²) in [6.07, 6.45) is 9.77. The molecule has 0 aliphatic heterocycles. The summed E-state index contributed by atoms with van der Waals surface area (Å²) in [5, 5.41) is 0. The molecule has 1 aromatic carbocycles. The first-order valence-corrected chi connectivity index (χ1v) is 11.2. The van der Waals surface area contributed by atoms with Crippen LogP contribution in [-0.4, -0.2) is 23.1 Å². The average molecular weight is 403 g/mol. The Bertz CT molecular complexity index is 663. The van der Waals surface area contributed by atoms with E-state index in [1.165, 1.54) is 31.2 Å². The van der Waals surface area contributed by atoms with Gasteiger partial charge in [-0.25, -0.2) is 4.79 Å². The first-order chi connectivity index (χ1) is 13.7. The molecule has 0 heterocycles. The molecule has 0 bridgehead atoms. The van der Waals surface area contributed by atoms with Gasteiger partial charge in [0, 0.05) is 0 Å². The summed E-state index contributed by atoms with van der Waals surface area (Å²) >= 11 is 0. The van der Waals surface area contributed by atoms with Gasteiger partial charge < -0.3 is 9.47 Å². The normalized spacial score (nSPS) is 19.4. The van der Waals surface area contributed by atoms with Gasteiger partial charge in [0.05, 0.1) is 11.5 Å². The maximum atomic E-state index is 12.0. The summed E-state index contributed by atoms with van der Waals surface area (Å²) in [4.78, 5) is 23.3. The molecule has 2 aliphatic rings. The summed E-state index contributed by atoms with van der Waals surface area (Å²) in [6, 6.07) is 7.71. The van der Waals surface area contributed by atoms with Crippen LogP contribution in [0.25, 0.3) is 0 Å². The van der Waals surface area contributed by atoms with E-state index >= 15 is 0 Å². The first-order valence-electron chi connectivity index (χ1n) is 11.2. The number of hydrogen-bond donors (Lipinski definition) is 0. The summed E-state index contributed by atoms with van der Waals surface area (Å²) in [5.74, 6) is -0.237. The van der Waals surface area contributed by atoms with Crippen molar-refractivity contribution in [2.24, 2.45) is 5.92 Å². The van der Waals surface area contributed by atoms with Crippen LogP contribution in [0.15, 0.2) is 24.3 Å². The maximum Gasteiger partial charge on any atom is 0.338 e. The van der Waals surface area contributed by atoms with E-state index in [1.807, 2.05) is 52.0 Å². The second-order valence-electron chi connectivity index (χ2n) is 9.33. The smallest absolute Gasteiger partial charge is 0.338 e. The van der Waals surface area contributed by atoms with Crippen molar-refractivity contribution < 1.29 is 19.1 Å². The van der Waals surface area contributed by atoms with E-state index in [0.717, 1.165) is 32.1 Å². The molecular weight excluding hydrogens is 364 g/mol. The predicted molar refractivity (Wildman–Crippen MR) is 116 cm³/mol. The summed E-state index contributed by atoms with van der Waals surface area (Å²) in [5.41, 5.74) is 1.52. The van der Waals surface area contributed by atoms with Gasteiger partial charge in [-0.05, 0) is 89.3 Å². The molecule has 0 unspecified atom stereocenters. The molecule has 0 radical (unpaired) electrons. The van der Waals surface area contributed by atoms with Crippen molar-refractivity contribution in [1.29, 1.82) is 0 Å². The third-order valence-corrected chi connectivity index (χ3v) is 6.08. The quantitative estimate of drug-likeness (QED) is 0.546. The molecule has 0 N–H and O–H groups in total.